The third-order valence-electron chi connectivity index (χ3n) is 2.81. The molecule has 0 bridgehead atoms. The first-order valence-electron chi connectivity index (χ1n) is 5.53. The van der Waals surface area contributed by atoms with Crippen molar-refractivity contribution in [3.63, 3.8) is 0 Å². The Morgan fingerprint density at radius 2 is 2.40 bits per heavy atom. The normalized spacial score (nSPS) is 22.8. The van der Waals surface area contributed by atoms with E-state index in [4.69, 9.17) is 5.73 Å². The highest BCUT2D eigenvalue weighted by Gasteiger charge is 2.21. The number of rotatable bonds is 3. The minimum absolute atomic E-state index is 0.334. The van der Waals surface area contributed by atoms with E-state index in [9.17, 15) is 0 Å². The molecular weight excluding hydrogens is 190 g/mol. The summed E-state index contributed by atoms with van der Waals surface area (Å²) in [7, 11) is 0. The van der Waals surface area contributed by atoms with Gasteiger partial charge in [0.2, 0.25) is 0 Å². The molecule has 1 saturated heterocycles. The second-order valence-electron chi connectivity index (χ2n) is 4.50. The number of hydrogen-bond acceptors (Lipinski definition) is 4. The van der Waals surface area contributed by atoms with E-state index in [1.165, 1.54) is 0 Å². The molecule has 0 radical (unpaired) electrons. The summed E-state index contributed by atoms with van der Waals surface area (Å²) in [6.45, 7) is 7.16. The summed E-state index contributed by atoms with van der Waals surface area (Å²) in [5.41, 5.74) is 5.87. The molecule has 1 unspecified atom stereocenters. The van der Waals surface area contributed by atoms with Crippen molar-refractivity contribution in [1.29, 1.82) is 0 Å². The van der Waals surface area contributed by atoms with Gasteiger partial charge in [0.15, 0.2) is 0 Å². The summed E-state index contributed by atoms with van der Waals surface area (Å²) in [5, 5.41) is 4.22. The fourth-order valence-corrected chi connectivity index (χ4v) is 2.02. The number of aromatic nitrogens is 3. The van der Waals surface area contributed by atoms with Crippen LogP contribution in [0.15, 0.2) is 6.33 Å². The molecule has 0 aliphatic carbocycles. The Morgan fingerprint density at radius 1 is 1.60 bits per heavy atom. The number of nitrogens with two attached hydrogens (primary N) is 1. The summed E-state index contributed by atoms with van der Waals surface area (Å²) < 4.78 is 1.98. The lowest BCUT2D eigenvalue weighted by molar-refractivity contribution is 0.305. The molecule has 1 aromatic rings. The van der Waals surface area contributed by atoms with E-state index in [1.807, 2.05) is 4.68 Å². The minimum Gasteiger partial charge on any atom is -0.326 e. The lowest BCUT2D eigenvalue weighted by atomic mass is 10.3. The van der Waals surface area contributed by atoms with Gasteiger partial charge in [0.1, 0.15) is 12.2 Å². The highest BCUT2D eigenvalue weighted by molar-refractivity contribution is 4.89. The van der Waals surface area contributed by atoms with Crippen molar-refractivity contribution in [3.8, 4) is 0 Å². The average molecular weight is 209 g/mol. The standard InChI is InChI=1S/C10H19N5/c1-8(2)15-10(12-7-13-15)6-14-4-3-9(11)5-14/h7-9H,3-6,11H2,1-2H3. The molecule has 2 rings (SSSR count). The zero-order chi connectivity index (χ0) is 10.8. The van der Waals surface area contributed by atoms with Crippen LogP contribution in [0.1, 0.15) is 32.1 Å². The zero-order valence-electron chi connectivity index (χ0n) is 9.43. The van der Waals surface area contributed by atoms with Crippen molar-refractivity contribution < 1.29 is 0 Å². The molecule has 1 aliphatic heterocycles. The lowest BCUT2D eigenvalue weighted by Crippen LogP contribution is -2.27. The molecule has 2 heterocycles. The van der Waals surface area contributed by atoms with Crippen LogP contribution in [-0.2, 0) is 6.54 Å². The number of nitrogens with zero attached hydrogens (tertiary/aromatic N) is 4. The van der Waals surface area contributed by atoms with Crippen LogP contribution in [0.3, 0.4) is 0 Å². The molecule has 1 atom stereocenters. The number of hydrogen-bond donors (Lipinski definition) is 1. The Balaban J connectivity index is 2.01. The van der Waals surface area contributed by atoms with Gasteiger partial charge in [-0.15, -0.1) is 0 Å². The zero-order valence-corrected chi connectivity index (χ0v) is 9.43. The second kappa shape index (κ2) is 4.28. The molecule has 2 N–H and O–H groups in total. The van der Waals surface area contributed by atoms with Crippen molar-refractivity contribution in [1.82, 2.24) is 19.7 Å². The molecule has 1 fully saturated rings. The van der Waals surface area contributed by atoms with Gasteiger partial charge in [0, 0.05) is 25.2 Å². The van der Waals surface area contributed by atoms with Gasteiger partial charge in [0.05, 0.1) is 6.54 Å². The largest absolute Gasteiger partial charge is 0.326 e. The van der Waals surface area contributed by atoms with E-state index >= 15 is 0 Å². The van der Waals surface area contributed by atoms with Gasteiger partial charge in [-0.25, -0.2) is 9.67 Å². The molecule has 84 valence electrons. The van der Waals surface area contributed by atoms with E-state index in [0.29, 0.717) is 12.1 Å². The molecule has 0 amide bonds. The highest BCUT2D eigenvalue weighted by Crippen LogP contribution is 2.12. The molecule has 1 aliphatic rings. The van der Waals surface area contributed by atoms with Crippen LogP contribution < -0.4 is 5.73 Å². The lowest BCUT2D eigenvalue weighted by Gasteiger charge is -2.16. The van der Waals surface area contributed by atoms with Crippen LogP contribution in [0.5, 0.6) is 0 Å². The number of likely N-dealkylation sites (tertiary alicyclic amines) is 1. The highest BCUT2D eigenvalue weighted by atomic mass is 15.4. The Kier molecular flexibility index (Phi) is 3.02. The Morgan fingerprint density at radius 3 is 3.00 bits per heavy atom. The summed E-state index contributed by atoms with van der Waals surface area (Å²) in [6, 6.07) is 0.708. The van der Waals surface area contributed by atoms with Gasteiger partial charge >= 0.3 is 0 Å². The monoisotopic (exact) mass is 209 g/mol. The van der Waals surface area contributed by atoms with Crippen LogP contribution in [0, 0.1) is 0 Å². The molecule has 1 aromatic heterocycles. The van der Waals surface area contributed by atoms with E-state index in [2.05, 4.69) is 28.8 Å². The van der Waals surface area contributed by atoms with Crippen molar-refractivity contribution in [2.45, 2.75) is 38.9 Å². The fourth-order valence-electron chi connectivity index (χ4n) is 2.02. The van der Waals surface area contributed by atoms with Crippen molar-refractivity contribution in [2.75, 3.05) is 13.1 Å². The van der Waals surface area contributed by atoms with Crippen LogP contribution in [0.4, 0.5) is 0 Å². The summed E-state index contributed by atoms with van der Waals surface area (Å²) in [5.74, 6) is 1.04. The Bertz CT molecular complexity index is 319. The molecule has 5 nitrogen and oxygen atoms in total. The molecule has 15 heavy (non-hydrogen) atoms. The molecule has 5 heteroatoms. The van der Waals surface area contributed by atoms with Gasteiger partial charge in [-0.3, -0.25) is 4.90 Å². The SMILES string of the molecule is CC(C)n1ncnc1CN1CCC(N)C1. The maximum absolute atomic E-state index is 5.87. The van der Waals surface area contributed by atoms with Crippen LogP contribution in [0.2, 0.25) is 0 Å². The Labute approximate surface area is 90.3 Å². The fraction of sp³-hybridized carbons (Fsp3) is 0.800. The van der Waals surface area contributed by atoms with Gasteiger partial charge in [-0.1, -0.05) is 0 Å². The van der Waals surface area contributed by atoms with Crippen LogP contribution in [-0.4, -0.2) is 38.8 Å². The first-order chi connectivity index (χ1) is 7.16. The molecule has 0 aromatic carbocycles. The van der Waals surface area contributed by atoms with Gasteiger partial charge < -0.3 is 5.73 Å². The predicted octanol–water partition coefficient (Wildman–Crippen LogP) is 0.392. The predicted molar refractivity (Wildman–Crippen MR) is 58.3 cm³/mol. The van der Waals surface area contributed by atoms with Gasteiger partial charge in [-0.05, 0) is 20.3 Å². The summed E-state index contributed by atoms with van der Waals surface area (Å²) in [4.78, 5) is 6.64. The minimum atomic E-state index is 0.334. The average Bonchev–Trinajstić information content (AvgIpc) is 2.75. The van der Waals surface area contributed by atoms with Crippen molar-refractivity contribution >= 4 is 0 Å². The molecule has 0 saturated carbocycles. The topological polar surface area (TPSA) is 60.0 Å². The van der Waals surface area contributed by atoms with E-state index < -0.39 is 0 Å². The molecule has 0 spiro atoms. The maximum atomic E-state index is 5.87. The second-order valence-corrected chi connectivity index (χ2v) is 4.50. The Hall–Kier alpha value is -0.940. The van der Waals surface area contributed by atoms with Crippen LogP contribution in [0.25, 0.3) is 0 Å². The van der Waals surface area contributed by atoms with E-state index in [1.54, 1.807) is 6.33 Å². The molecular formula is C10H19N5. The third kappa shape index (κ3) is 2.35. The van der Waals surface area contributed by atoms with Crippen LogP contribution >= 0.6 is 0 Å². The van der Waals surface area contributed by atoms with E-state index in [-0.39, 0.29) is 0 Å². The first-order valence-corrected chi connectivity index (χ1v) is 5.53. The first kappa shape index (κ1) is 10.6. The summed E-state index contributed by atoms with van der Waals surface area (Å²) in [6.07, 6.45) is 2.72. The third-order valence-corrected chi connectivity index (χ3v) is 2.81. The van der Waals surface area contributed by atoms with Gasteiger partial charge in [0.25, 0.3) is 0 Å². The quantitative estimate of drug-likeness (QED) is 0.782. The smallest absolute Gasteiger partial charge is 0.141 e. The van der Waals surface area contributed by atoms with Crippen molar-refractivity contribution in [3.05, 3.63) is 12.2 Å². The maximum Gasteiger partial charge on any atom is 0.141 e. The summed E-state index contributed by atoms with van der Waals surface area (Å²) >= 11 is 0. The van der Waals surface area contributed by atoms with E-state index in [0.717, 1.165) is 31.9 Å². The van der Waals surface area contributed by atoms with Gasteiger partial charge in [-0.2, -0.15) is 5.10 Å². The van der Waals surface area contributed by atoms with Crippen molar-refractivity contribution in [2.24, 2.45) is 5.73 Å².